The lowest BCUT2D eigenvalue weighted by molar-refractivity contribution is 0.730. The van der Waals surface area contributed by atoms with E-state index >= 15 is 0 Å². The molecule has 0 aliphatic carbocycles. The van der Waals surface area contributed by atoms with Crippen molar-refractivity contribution in [1.82, 2.24) is 0 Å². The van der Waals surface area contributed by atoms with Gasteiger partial charge in [0, 0.05) is 5.88 Å². The summed E-state index contributed by atoms with van der Waals surface area (Å²) in [6.07, 6.45) is 4.63. The van der Waals surface area contributed by atoms with Crippen molar-refractivity contribution in [3.8, 4) is 0 Å². The molecule has 0 saturated heterocycles. The summed E-state index contributed by atoms with van der Waals surface area (Å²) < 4.78 is 1.09. The molecule has 54 valence electrons. The summed E-state index contributed by atoms with van der Waals surface area (Å²) in [4.78, 5) is 0. The summed E-state index contributed by atoms with van der Waals surface area (Å²) in [5, 5.41) is 0. The maximum absolute atomic E-state index is 5.48. The van der Waals surface area contributed by atoms with Crippen LogP contribution in [0.2, 0.25) is 0 Å². The molecular formula is C7H12BrCl. The fourth-order valence-electron chi connectivity index (χ4n) is 0.588. The van der Waals surface area contributed by atoms with Crippen molar-refractivity contribution in [3.05, 3.63) is 11.1 Å². The van der Waals surface area contributed by atoms with Gasteiger partial charge in [0.2, 0.25) is 0 Å². The van der Waals surface area contributed by atoms with E-state index in [0.717, 1.165) is 23.2 Å². The molecule has 0 rings (SSSR count). The van der Waals surface area contributed by atoms with Gasteiger partial charge >= 0.3 is 0 Å². The highest BCUT2D eigenvalue weighted by Crippen LogP contribution is 2.12. The number of halogens is 2. The van der Waals surface area contributed by atoms with Crippen LogP contribution in [0, 0.1) is 0 Å². The van der Waals surface area contributed by atoms with Crippen LogP contribution in [0.15, 0.2) is 11.1 Å². The van der Waals surface area contributed by atoms with Gasteiger partial charge in [0.15, 0.2) is 0 Å². The number of hydrogen-bond acceptors (Lipinski definition) is 0. The zero-order chi connectivity index (χ0) is 7.11. The second-order valence-corrected chi connectivity index (χ2v) is 3.52. The van der Waals surface area contributed by atoms with Crippen molar-refractivity contribution in [2.24, 2.45) is 0 Å². The summed E-state index contributed by atoms with van der Waals surface area (Å²) in [5.41, 5.74) is 0. The highest BCUT2D eigenvalue weighted by molar-refractivity contribution is 9.11. The van der Waals surface area contributed by atoms with Crippen molar-refractivity contribution in [2.45, 2.75) is 25.7 Å². The van der Waals surface area contributed by atoms with Gasteiger partial charge in [-0.1, -0.05) is 28.9 Å². The predicted molar refractivity (Wildman–Crippen MR) is 47.3 cm³/mol. The van der Waals surface area contributed by atoms with Crippen LogP contribution >= 0.6 is 27.5 Å². The van der Waals surface area contributed by atoms with Gasteiger partial charge in [-0.3, -0.25) is 0 Å². The second-order valence-electron chi connectivity index (χ2n) is 2.02. The van der Waals surface area contributed by atoms with Gasteiger partial charge < -0.3 is 0 Å². The van der Waals surface area contributed by atoms with E-state index in [-0.39, 0.29) is 0 Å². The molecule has 2 heteroatoms. The fraction of sp³-hybridized carbons (Fsp3) is 0.714. The van der Waals surface area contributed by atoms with E-state index in [2.05, 4.69) is 22.5 Å². The van der Waals surface area contributed by atoms with E-state index < -0.39 is 0 Å². The maximum atomic E-state index is 5.48. The van der Waals surface area contributed by atoms with E-state index in [1.54, 1.807) is 0 Å². The van der Waals surface area contributed by atoms with Gasteiger partial charge in [-0.15, -0.1) is 11.6 Å². The molecule has 0 aliphatic rings. The van der Waals surface area contributed by atoms with Crippen molar-refractivity contribution >= 4 is 27.5 Å². The topological polar surface area (TPSA) is 0 Å². The third kappa shape index (κ3) is 8.51. The Bertz CT molecular complexity index is 81.0. The average molecular weight is 212 g/mol. The summed E-state index contributed by atoms with van der Waals surface area (Å²) in [6, 6.07) is 0. The van der Waals surface area contributed by atoms with Gasteiger partial charge in [0.05, 0.1) is 0 Å². The Balaban J connectivity index is 2.83. The average Bonchev–Trinajstić information content (AvgIpc) is 1.80. The summed E-state index contributed by atoms with van der Waals surface area (Å²) in [6.45, 7) is 3.74. The first-order valence-electron chi connectivity index (χ1n) is 3.16. The minimum absolute atomic E-state index is 0.786. The van der Waals surface area contributed by atoms with Crippen LogP contribution in [-0.2, 0) is 0 Å². The van der Waals surface area contributed by atoms with E-state index in [0.29, 0.717) is 0 Å². The molecule has 0 nitrogen and oxygen atoms in total. The standard InChI is InChI=1S/C7H12BrCl/c1-7(8)5-3-2-4-6-9/h1-6H2. The number of hydrogen-bond donors (Lipinski definition) is 0. The fourth-order valence-corrected chi connectivity index (χ4v) is 1.06. The molecule has 0 aliphatic heterocycles. The van der Waals surface area contributed by atoms with E-state index in [4.69, 9.17) is 11.6 Å². The molecule has 9 heavy (non-hydrogen) atoms. The zero-order valence-corrected chi connectivity index (χ0v) is 7.84. The molecular weight excluding hydrogens is 199 g/mol. The SMILES string of the molecule is C=C(Br)CCCCCCl. The second kappa shape index (κ2) is 6.63. The Morgan fingerprint density at radius 1 is 1.33 bits per heavy atom. The Hall–Kier alpha value is 0.510. The molecule has 0 atom stereocenters. The maximum Gasteiger partial charge on any atom is 0.0223 e. The smallest absolute Gasteiger partial charge is 0.0223 e. The summed E-state index contributed by atoms with van der Waals surface area (Å²) >= 11 is 8.78. The molecule has 0 radical (unpaired) electrons. The van der Waals surface area contributed by atoms with E-state index in [1.165, 1.54) is 12.8 Å². The minimum Gasteiger partial charge on any atom is -0.127 e. The largest absolute Gasteiger partial charge is 0.127 e. The monoisotopic (exact) mass is 210 g/mol. The third-order valence-corrected chi connectivity index (χ3v) is 1.75. The molecule has 0 aromatic carbocycles. The molecule has 0 N–H and O–H groups in total. The molecule has 0 amide bonds. The van der Waals surface area contributed by atoms with Gasteiger partial charge in [-0.05, 0) is 23.7 Å². The molecule has 0 unspecified atom stereocenters. The van der Waals surface area contributed by atoms with Crippen LogP contribution in [0.25, 0.3) is 0 Å². The molecule has 0 bridgehead atoms. The number of alkyl halides is 1. The van der Waals surface area contributed by atoms with Gasteiger partial charge in [-0.2, -0.15) is 0 Å². The molecule has 0 fully saturated rings. The van der Waals surface area contributed by atoms with Crippen LogP contribution in [-0.4, -0.2) is 5.88 Å². The first-order valence-corrected chi connectivity index (χ1v) is 4.49. The minimum atomic E-state index is 0.786. The van der Waals surface area contributed by atoms with Crippen molar-refractivity contribution < 1.29 is 0 Å². The number of unbranched alkanes of at least 4 members (excludes halogenated alkanes) is 2. The zero-order valence-electron chi connectivity index (χ0n) is 5.50. The van der Waals surface area contributed by atoms with Gasteiger partial charge in [-0.25, -0.2) is 0 Å². The Kier molecular flexibility index (Phi) is 7.00. The van der Waals surface area contributed by atoms with Crippen LogP contribution in [0.1, 0.15) is 25.7 Å². The highest BCUT2D eigenvalue weighted by Gasteiger charge is 1.88. The highest BCUT2D eigenvalue weighted by atomic mass is 79.9. The Morgan fingerprint density at radius 2 is 2.00 bits per heavy atom. The first kappa shape index (κ1) is 9.51. The van der Waals surface area contributed by atoms with Crippen molar-refractivity contribution in [3.63, 3.8) is 0 Å². The first-order chi connectivity index (χ1) is 4.27. The van der Waals surface area contributed by atoms with Crippen molar-refractivity contribution in [2.75, 3.05) is 5.88 Å². The van der Waals surface area contributed by atoms with E-state index in [1.807, 2.05) is 0 Å². The molecule has 0 aromatic heterocycles. The van der Waals surface area contributed by atoms with Crippen molar-refractivity contribution in [1.29, 1.82) is 0 Å². The molecule has 0 saturated carbocycles. The summed E-state index contributed by atoms with van der Waals surface area (Å²) in [7, 11) is 0. The normalized spacial score (nSPS) is 9.56. The lowest BCUT2D eigenvalue weighted by Crippen LogP contribution is -1.77. The summed E-state index contributed by atoms with van der Waals surface area (Å²) in [5.74, 6) is 0.786. The van der Waals surface area contributed by atoms with Crippen LogP contribution in [0.5, 0.6) is 0 Å². The van der Waals surface area contributed by atoms with Crippen LogP contribution < -0.4 is 0 Å². The third-order valence-electron chi connectivity index (χ3n) is 1.08. The van der Waals surface area contributed by atoms with Crippen LogP contribution in [0.3, 0.4) is 0 Å². The van der Waals surface area contributed by atoms with Gasteiger partial charge in [0.25, 0.3) is 0 Å². The molecule has 0 aromatic rings. The van der Waals surface area contributed by atoms with Crippen LogP contribution in [0.4, 0.5) is 0 Å². The Morgan fingerprint density at radius 3 is 2.44 bits per heavy atom. The van der Waals surface area contributed by atoms with Gasteiger partial charge in [0.1, 0.15) is 0 Å². The molecule has 0 spiro atoms. The predicted octanol–water partition coefficient (Wildman–Crippen LogP) is 3.69. The lowest BCUT2D eigenvalue weighted by atomic mass is 10.2. The van der Waals surface area contributed by atoms with E-state index in [9.17, 15) is 0 Å². The number of allylic oxidation sites excluding steroid dienone is 1. The quantitative estimate of drug-likeness (QED) is 0.481. The lowest BCUT2D eigenvalue weighted by Gasteiger charge is -1.95. The number of rotatable bonds is 5. The Labute approximate surface area is 70.4 Å². The molecule has 0 heterocycles.